The second-order valence-corrected chi connectivity index (χ2v) is 22.8. The van der Waals surface area contributed by atoms with E-state index in [4.69, 9.17) is 56.8 Å². The number of carboxylic acids is 4. The van der Waals surface area contributed by atoms with Crippen LogP contribution in [0.1, 0.15) is 220 Å². The number of ether oxygens (including phenoxy) is 12. The van der Waals surface area contributed by atoms with Gasteiger partial charge in [-0.1, -0.05) is 27.7 Å². The molecule has 85 heavy (non-hydrogen) atoms. The average Bonchev–Trinajstić information content (AvgIpc) is 3.45. The van der Waals surface area contributed by atoms with E-state index in [0.29, 0.717) is 0 Å². The van der Waals surface area contributed by atoms with Gasteiger partial charge in [-0.3, -0.25) is 19.2 Å². The van der Waals surface area contributed by atoms with Crippen molar-refractivity contribution in [2.45, 2.75) is 340 Å². The van der Waals surface area contributed by atoms with Crippen LogP contribution in [0.25, 0.3) is 0 Å². The molecule has 496 valence electrons. The first-order chi connectivity index (χ1) is 38.2. The third-order valence-corrected chi connectivity index (χ3v) is 10.2. The van der Waals surface area contributed by atoms with Gasteiger partial charge in [-0.15, -0.1) is 0 Å². The van der Waals surface area contributed by atoms with E-state index in [9.17, 15) is 58.8 Å². The van der Waals surface area contributed by atoms with Crippen LogP contribution in [0.5, 0.6) is 0 Å². The SMILES string of the molecule is CCC(OC(C)C)(OC(C)C)C(=O)C(OC(C)C)C(=O)[O-].CCC(OC(C)C)(OC(C)C)C(=O)C(OC(C)C)C(=O)[O-].CCC(OC(C)C)(OC(C)C)C(=O)C(OC(C)C)C(=O)[O-].CCC(OC(C)C)(OC(C)C)C(=O)C(OC(C)C)C(=O)[O-].[Zr+4]. The zero-order valence-electron chi connectivity index (χ0n) is 56.4. The molecule has 0 saturated carbocycles. The van der Waals surface area contributed by atoms with Gasteiger partial charge >= 0.3 is 26.2 Å². The molecule has 24 nitrogen and oxygen atoms in total. The summed E-state index contributed by atoms with van der Waals surface area (Å²) in [6, 6.07) is 0. The van der Waals surface area contributed by atoms with Crippen LogP contribution >= 0.6 is 0 Å². The average molecular weight is 1300 g/mol. The van der Waals surface area contributed by atoms with Gasteiger partial charge in [-0.05, 0) is 166 Å². The molecule has 0 aliphatic rings. The van der Waals surface area contributed by atoms with Gasteiger partial charge in [0.2, 0.25) is 46.3 Å². The molecule has 0 spiro atoms. The molecule has 0 aromatic carbocycles. The Balaban J connectivity index is -0.000000333. The van der Waals surface area contributed by atoms with E-state index in [-0.39, 0.29) is 101 Å². The van der Waals surface area contributed by atoms with E-state index in [1.54, 1.807) is 194 Å². The van der Waals surface area contributed by atoms with Gasteiger partial charge in [0.25, 0.3) is 0 Å². The largest absolute Gasteiger partial charge is 4.00 e. The minimum absolute atomic E-state index is 0. The summed E-state index contributed by atoms with van der Waals surface area (Å²) in [4.78, 5) is 95.6. The minimum atomic E-state index is -1.72. The van der Waals surface area contributed by atoms with Crippen LogP contribution in [-0.4, -0.2) is 168 Å². The maximum atomic E-state index is 12.6. The molecule has 0 radical (unpaired) electrons. The van der Waals surface area contributed by atoms with Crippen molar-refractivity contribution in [2.75, 3.05) is 0 Å². The standard InChI is InChI=1S/4C15H28O6.Zr/c4*1-8-15(20-10(4)5,21-11(6)7)13(16)12(14(17)18)19-9(2)3;/h4*9-12H,8H2,1-7H3,(H,17,18);/q;;;;+4/p-4. The van der Waals surface area contributed by atoms with Gasteiger partial charge in [0.05, 0.1) is 97.1 Å². The molecule has 0 saturated heterocycles. The molecule has 0 aliphatic heterocycles. The summed E-state index contributed by atoms with van der Waals surface area (Å²) in [7, 11) is 0. The first kappa shape index (κ1) is 90.7. The summed E-state index contributed by atoms with van der Waals surface area (Å²) >= 11 is 0. The van der Waals surface area contributed by atoms with Gasteiger partial charge in [-0.2, -0.15) is 0 Å². The van der Waals surface area contributed by atoms with Gasteiger partial charge < -0.3 is 96.4 Å². The molecule has 0 fully saturated rings. The quantitative estimate of drug-likeness (QED) is 0.0612. The fraction of sp³-hybridized carbons (Fsp3) is 0.867. The van der Waals surface area contributed by atoms with E-state index in [1.165, 1.54) is 0 Å². The molecule has 4 unspecified atom stereocenters. The van der Waals surface area contributed by atoms with E-state index >= 15 is 0 Å². The van der Waals surface area contributed by atoms with Crippen LogP contribution in [0.2, 0.25) is 0 Å². The molecule has 0 heterocycles. The number of carboxylic acid groups (broad SMARTS) is 4. The Morgan fingerprint density at radius 1 is 0.247 bits per heavy atom. The molecule has 0 aromatic heterocycles. The molecular formula is C60H108O24Zr. The van der Waals surface area contributed by atoms with Crippen molar-refractivity contribution in [1.82, 2.24) is 0 Å². The first-order valence-corrected chi connectivity index (χ1v) is 29.3. The van der Waals surface area contributed by atoms with Crippen LogP contribution in [-0.2, 0) is 121 Å². The maximum Gasteiger partial charge on any atom is 4.00 e. The number of ketones is 4. The van der Waals surface area contributed by atoms with E-state index in [0.717, 1.165) is 0 Å². The number of carbonyl (C=O) groups excluding carboxylic acids is 8. The Kier molecular flexibility index (Phi) is 46.5. The second kappa shape index (κ2) is 43.6. The van der Waals surface area contributed by atoms with Gasteiger partial charge in [0.15, 0.2) is 24.4 Å². The van der Waals surface area contributed by atoms with Gasteiger partial charge in [0, 0.05) is 25.7 Å². The summed E-state index contributed by atoms with van der Waals surface area (Å²) in [5.41, 5.74) is 0. The van der Waals surface area contributed by atoms with Crippen LogP contribution in [0, 0.1) is 0 Å². The van der Waals surface area contributed by atoms with Crippen molar-refractivity contribution < 1.29 is 142 Å². The van der Waals surface area contributed by atoms with Gasteiger partial charge in [-0.25, -0.2) is 0 Å². The van der Waals surface area contributed by atoms with Crippen LogP contribution in [0.15, 0.2) is 0 Å². The Bertz CT molecular complexity index is 1630. The zero-order chi connectivity index (χ0) is 67.2. The van der Waals surface area contributed by atoms with E-state index < -0.39 is 119 Å². The smallest absolute Gasteiger partial charge is 0.547 e. The fourth-order valence-corrected chi connectivity index (χ4v) is 7.77. The summed E-state index contributed by atoms with van der Waals surface area (Å²) < 4.78 is 65.7. The van der Waals surface area contributed by atoms with Crippen LogP contribution in [0.3, 0.4) is 0 Å². The molecule has 0 aliphatic carbocycles. The molecular weight excluding hydrogens is 1200 g/mol. The van der Waals surface area contributed by atoms with Crippen LogP contribution in [0.4, 0.5) is 0 Å². The summed E-state index contributed by atoms with van der Waals surface area (Å²) in [6.07, 6.45) is -10.4. The molecule has 25 heteroatoms. The number of Topliss-reactive ketones (excluding diaryl/α,β-unsaturated/α-hetero) is 4. The third-order valence-electron chi connectivity index (χ3n) is 10.2. The van der Waals surface area contributed by atoms with Crippen molar-refractivity contribution in [1.29, 1.82) is 0 Å². The normalized spacial score (nSPS) is 13.8. The molecule has 0 bridgehead atoms. The molecule has 0 aromatic rings. The van der Waals surface area contributed by atoms with Crippen molar-refractivity contribution in [3.63, 3.8) is 0 Å². The third kappa shape index (κ3) is 34.5. The Morgan fingerprint density at radius 3 is 0.412 bits per heavy atom. The second-order valence-electron chi connectivity index (χ2n) is 22.8. The zero-order valence-corrected chi connectivity index (χ0v) is 58.8. The number of hydrogen-bond donors (Lipinski definition) is 0. The predicted molar refractivity (Wildman–Crippen MR) is 302 cm³/mol. The van der Waals surface area contributed by atoms with Crippen molar-refractivity contribution in [2.24, 2.45) is 0 Å². The number of rotatable bonds is 40. The molecule has 0 N–H and O–H groups in total. The number of carbonyl (C=O) groups is 8. The van der Waals surface area contributed by atoms with Gasteiger partial charge in [0.1, 0.15) is 0 Å². The summed E-state index contributed by atoms with van der Waals surface area (Å²) in [5, 5.41) is 45.0. The van der Waals surface area contributed by atoms with Crippen LogP contribution < -0.4 is 20.4 Å². The minimum Gasteiger partial charge on any atom is -0.547 e. The first-order valence-electron chi connectivity index (χ1n) is 29.3. The monoisotopic (exact) mass is 1300 g/mol. The molecule has 0 amide bonds. The fourth-order valence-electron chi connectivity index (χ4n) is 7.77. The van der Waals surface area contributed by atoms with E-state index in [2.05, 4.69) is 0 Å². The summed E-state index contributed by atoms with van der Waals surface area (Å²) in [6.45, 7) is 47.9. The van der Waals surface area contributed by atoms with Crippen molar-refractivity contribution >= 4 is 47.0 Å². The predicted octanol–water partition coefficient (Wildman–Crippen LogP) is 4.22. The molecule has 0 rings (SSSR count). The molecule has 4 atom stereocenters. The maximum absolute atomic E-state index is 12.6. The van der Waals surface area contributed by atoms with Crippen molar-refractivity contribution in [3.8, 4) is 0 Å². The summed E-state index contributed by atoms with van der Waals surface area (Å²) in [5.74, 6) is -16.1. The van der Waals surface area contributed by atoms with Crippen molar-refractivity contribution in [3.05, 3.63) is 0 Å². The topological polar surface area (TPSA) is 340 Å². The number of aliphatic carboxylic acids is 4. The van der Waals surface area contributed by atoms with E-state index in [1.807, 2.05) is 0 Å². The Labute approximate surface area is 526 Å². The Morgan fingerprint density at radius 2 is 0.353 bits per heavy atom. The Hall–Kier alpha value is -3.04. The number of hydrogen-bond acceptors (Lipinski definition) is 24.